The number of nitrogens with one attached hydrogen (secondary N) is 6. The van der Waals surface area contributed by atoms with E-state index in [-0.39, 0.29) is 109 Å². The van der Waals surface area contributed by atoms with Crippen LogP contribution in [0.15, 0.2) is 78.9 Å². The number of fused-ring (bicyclic) bond motifs is 15. The van der Waals surface area contributed by atoms with Crippen molar-refractivity contribution in [1.29, 1.82) is 0 Å². The van der Waals surface area contributed by atoms with E-state index in [0.29, 0.717) is 18.3 Å². The van der Waals surface area contributed by atoms with Crippen LogP contribution in [-0.4, -0.2) is 163 Å². The van der Waals surface area contributed by atoms with Gasteiger partial charge in [-0.2, -0.15) is 0 Å². The Morgan fingerprint density at radius 1 is 0.661 bits per heavy atom. The van der Waals surface area contributed by atoms with Crippen LogP contribution in [0.4, 0.5) is 4.79 Å². The molecule has 29 nitrogen and oxygen atoms in total. The zero-order chi connectivity index (χ0) is 80.3. The van der Waals surface area contributed by atoms with Crippen LogP contribution in [-0.2, 0) is 43.1 Å². The Labute approximate surface area is 656 Å². The van der Waals surface area contributed by atoms with Crippen LogP contribution in [0.2, 0.25) is 10.0 Å². The van der Waals surface area contributed by atoms with Gasteiger partial charge in [0.1, 0.15) is 89.5 Å². The number of hydrogen-bond acceptors (Lipinski definition) is 23. The zero-order valence-electron chi connectivity index (χ0n) is 62.4. The largest absolute Gasteiger partial charge is 0.507 e. The summed E-state index contributed by atoms with van der Waals surface area (Å²) < 4.78 is 31.3. The number of likely N-dealkylation sites (N-methyl/N-ethyl adjacent to an activating group) is 1. The summed E-state index contributed by atoms with van der Waals surface area (Å²) in [5.74, 6) is -14.7. The average Bonchev–Trinajstić information content (AvgIpc) is 0.687. The van der Waals surface area contributed by atoms with Crippen LogP contribution in [0.25, 0.3) is 11.1 Å². The fourth-order valence-corrected chi connectivity index (χ4v) is 17.8. The molecule has 16 N–H and O–H groups in total. The third-order valence-electron chi connectivity index (χ3n) is 22.9. The van der Waals surface area contributed by atoms with Crippen LogP contribution in [0.3, 0.4) is 0 Å². The number of phenolic OH excluding ortho intramolecular Hbond substituents is 2. The van der Waals surface area contributed by atoms with Gasteiger partial charge in [0, 0.05) is 49.4 Å². The van der Waals surface area contributed by atoms with Crippen LogP contribution in [0.1, 0.15) is 182 Å². The van der Waals surface area contributed by atoms with E-state index in [1.54, 1.807) is 0 Å². The molecule has 4 saturated carbocycles. The van der Waals surface area contributed by atoms with E-state index in [9.17, 15) is 55.2 Å². The summed E-state index contributed by atoms with van der Waals surface area (Å²) >= 11 is 14.3. The fraction of sp³-hybridized carbons (Fsp3) is 0.519. The van der Waals surface area contributed by atoms with E-state index in [4.69, 9.17) is 52.6 Å². The number of carbonyl (C=O) groups excluding carboxylic acids is 9. The van der Waals surface area contributed by atoms with E-state index >= 15 is 28.8 Å². The monoisotopic (exact) mass is 1590 g/mol. The quantitative estimate of drug-likeness (QED) is 0.0315. The molecule has 5 unspecified atom stereocenters. The molecule has 10 aliphatic rings. The third kappa shape index (κ3) is 18.3. The minimum absolute atomic E-state index is 0.0633. The molecule has 5 aromatic rings. The van der Waals surface area contributed by atoms with Crippen LogP contribution >= 0.6 is 23.2 Å². The lowest BCUT2D eigenvalue weighted by Gasteiger charge is -2.54. The number of benzene rings is 5. The number of phenols is 2. The van der Waals surface area contributed by atoms with Gasteiger partial charge < -0.3 is 102 Å². The summed E-state index contributed by atoms with van der Waals surface area (Å²) in [6.45, 7) is 5.11. The van der Waals surface area contributed by atoms with E-state index in [1.807, 2.05) is 13.8 Å². The highest BCUT2D eigenvalue weighted by molar-refractivity contribution is 6.32. The summed E-state index contributed by atoms with van der Waals surface area (Å²) in [5.41, 5.74) is 4.34. The summed E-state index contributed by atoms with van der Waals surface area (Å²) in [7, 11) is 1.51. The lowest BCUT2D eigenvalue weighted by molar-refractivity contribution is -0.277. The van der Waals surface area contributed by atoms with Crippen molar-refractivity contribution >= 4 is 76.2 Å². The van der Waals surface area contributed by atoms with Crippen LogP contribution in [0, 0.1) is 41.4 Å². The number of ketones is 3. The first-order valence-corrected chi connectivity index (χ1v) is 39.1. The average molecular weight is 1590 g/mol. The first-order valence-electron chi connectivity index (χ1n) is 38.4. The van der Waals surface area contributed by atoms with Crippen molar-refractivity contribution in [2.75, 3.05) is 20.2 Å². The standard InChI is InChI=1S/C81H97Cl2N7O22/c1-5-6-7-8-9-10-17-86-81(107)108-46-31-50-65(55(93)32-46)49-24-39(11-14-54(49)92)48-34-57(95)66-44-28-61(109-59-15-12-40(25-51(59)82)70(98)68(89-78(105)53(85-4)18-36(2)3)56(94)27-45(30-64(84)97)76(103)87-66)75(112-80-74(102)73(101)72(100)63(35-91)111-80)62(29-44)110-60-16-13-41(26-52(60)83)71(99)69(90-77(48)104)79(106)88-67(50)58(96)33-47-42-20-37-19-38(22-42)23-43(47)21-37/h11-16,24-26,28-29,31-32,36-38,42-43,45,47-48,53,63,66-74,80,85,91-93,98-102H,5-10,17-23,27,30,33-35H2,1-4H3,(H2,84,97)(H,86,107)(H,87,103)(H,88,106)(H,89,105)(H,90,104)/t37?,38?,42?,43?,45-,47?,48+,53+,63?,66+,67-,68-,69+,70+,71+,72?,73?,74?,80?/m0/s1. The molecule has 4 aliphatic carbocycles. The Balaban J connectivity index is 1.05. The number of Topliss-reactive ketones (excluding diaryl/α,β-unsaturated/α-hetero) is 3. The number of unbranched alkanes of at least 4 members (excludes halogenated alkanes) is 5. The number of hydrogen-bond donors (Lipinski definition) is 15. The predicted octanol–water partition coefficient (Wildman–Crippen LogP) is 7.54. The number of primary amides is 1. The maximum Gasteiger partial charge on any atom is 0.412 e. The van der Waals surface area contributed by atoms with Gasteiger partial charge in [-0.15, -0.1) is 0 Å². The second kappa shape index (κ2) is 35.6. The molecular weight excluding hydrogens is 1490 g/mol. The maximum atomic E-state index is 16.4. The highest BCUT2D eigenvalue weighted by Crippen LogP contribution is 2.58. The molecule has 6 heterocycles. The summed E-state index contributed by atoms with van der Waals surface area (Å²) in [5, 5.41) is 110. The molecule has 5 aromatic carbocycles. The van der Waals surface area contributed by atoms with E-state index in [0.717, 1.165) is 88.5 Å². The lowest BCUT2D eigenvalue weighted by atomic mass is 9.51. The number of nitrogens with two attached hydrogens (primary N) is 1. The number of ether oxygens (including phenoxy) is 5. The lowest BCUT2D eigenvalue weighted by Crippen LogP contribution is -2.60. The topological polar surface area (TPSA) is 460 Å². The molecule has 112 heavy (non-hydrogen) atoms. The molecule has 0 spiro atoms. The molecular formula is C81H97Cl2N7O22. The molecule has 15 bridgehead atoms. The minimum Gasteiger partial charge on any atom is -0.507 e. The normalized spacial score (nSPS) is 28.5. The molecule has 5 fully saturated rings. The second-order valence-electron chi connectivity index (χ2n) is 31.3. The first-order chi connectivity index (χ1) is 53.5. The Bertz CT molecular complexity index is 4380. The van der Waals surface area contributed by atoms with Gasteiger partial charge in [0.05, 0.1) is 34.5 Å². The number of carbonyl (C=O) groups is 9. The molecule has 14 atom stereocenters. The second-order valence-corrected chi connectivity index (χ2v) is 32.1. The van der Waals surface area contributed by atoms with Crippen molar-refractivity contribution in [2.45, 2.75) is 203 Å². The Kier molecular flexibility index (Phi) is 26.2. The van der Waals surface area contributed by atoms with Gasteiger partial charge in [0.15, 0.2) is 28.8 Å². The number of aliphatic hydroxyl groups is 6. The molecule has 31 heteroatoms. The Hall–Kier alpha value is -9.01. The number of aliphatic hydroxyl groups excluding tert-OH is 6. The van der Waals surface area contributed by atoms with E-state index in [2.05, 4.69) is 38.8 Å². The molecule has 0 radical (unpaired) electrons. The third-order valence-corrected chi connectivity index (χ3v) is 23.5. The van der Waals surface area contributed by atoms with Crippen molar-refractivity contribution in [3.8, 4) is 57.1 Å². The smallest absolute Gasteiger partial charge is 0.412 e. The predicted molar refractivity (Wildman–Crippen MR) is 404 cm³/mol. The number of aromatic hydroxyl groups is 2. The first kappa shape index (κ1) is 82.4. The van der Waals surface area contributed by atoms with Crippen molar-refractivity contribution in [1.82, 2.24) is 31.9 Å². The highest BCUT2D eigenvalue weighted by Gasteiger charge is 2.51. The summed E-state index contributed by atoms with van der Waals surface area (Å²) in [6.07, 6.45) is -7.23. The summed E-state index contributed by atoms with van der Waals surface area (Å²) in [4.78, 5) is 136. The van der Waals surface area contributed by atoms with Crippen molar-refractivity contribution in [2.24, 2.45) is 47.2 Å². The molecule has 1 saturated heterocycles. The van der Waals surface area contributed by atoms with Crippen molar-refractivity contribution < 1.29 is 108 Å². The van der Waals surface area contributed by atoms with E-state index < -0.39 is 193 Å². The van der Waals surface area contributed by atoms with Crippen molar-refractivity contribution in [3.05, 3.63) is 117 Å². The Morgan fingerprint density at radius 2 is 1.29 bits per heavy atom. The van der Waals surface area contributed by atoms with Crippen LogP contribution in [0.5, 0.6) is 46.0 Å². The molecule has 15 rings (SSSR count). The maximum absolute atomic E-state index is 16.4. The van der Waals surface area contributed by atoms with Gasteiger partial charge in [-0.1, -0.05) is 94.3 Å². The van der Waals surface area contributed by atoms with Gasteiger partial charge in [-0.3, -0.25) is 38.4 Å². The van der Waals surface area contributed by atoms with Gasteiger partial charge in [-0.25, -0.2) is 4.79 Å². The minimum atomic E-state index is -2.16. The highest BCUT2D eigenvalue weighted by atomic mass is 35.5. The van der Waals surface area contributed by atoms with Gasteiger partial charge in [-0.05, 0) is 170 Å². The molecule has 6 aliphatic heterocycles. The number of amides is 6. The van der Waals surface area contributed by atoms with Crippen molar-refractivity contribution in [3.63, 3.8) is 0 Å². The van der Waals surface area contributed by atoms with Crippen LogP contribution < -0.4 is 56.6 Å². The van der Waals surface area contributed by atoms with Gasteiger partial charge >= 0.3 is 6.09 Å². The summed E-state index contributed by atoms with van der Waals surface area (Å²) in [6, 6.07) is 6.62. The molecule has 0 aromatic heterocycles. The van der Waals surface area contributed by atoms with Gasteiger partial charge in [0.2, 0.25) is 41.6 Å². The van der Waals surface area contributed by atoms with E-state index in [1.165, 1.54) is 61.6 Å². The fourth-order valence-electron chi connectivity index (χ4n) is 17.3. The van der Waals surface area contributed by atoms with Gasteiger partial charge in [0.25, 0.3) is 0 Å². The number of rotatable bonds is 21. The molecule has 602 valence electrons. The molecule has 6 amide bonds. The zero-order valence-corrected chi connectivity index (χ0v) is 63.9. The SMILES string of the molecule is CCCCCCCCNC(=O)Oc1cc(O)c2c(c1)[C@@H](C(=O)CC1C3CC4CC(C3)CC1C4)NC(=O)[C@@H]1NC(=O)[C@H](CC(=O)[C@@H]3NC(=O)[C@H](CC(N)=O)CC(=O)[C@H](NC(=O)[C@@H](CC(C)C)NC)[C@H](O)c4ccc(c(Cl)c4)Oc4cc3cc(c4OC3OC(CO)C(O)C(O)C3O)Oc3ccc(cc3Cl)[C@H]1O)c1ccc(O)c-2c1. The number of halogens is 2. The Morgan fingerprint density at radius 3 is 1.91 bits per heavy atom.